The van der Waals surface area contributed by atoms with Gasteiger partial charge in [-0.2, -0.15) is 18.2 Å². The largest absolute Gasteiger partial charge is 0.416 e. The van der Waals surface area contributed by atoms with Crippen LogP contribution in [0, 0.1) is 0 Å². The molecule has 0 aliphatic heterocycles. The van der Waals surface area contributed by atoms with E-state index in [4.69, 9.17) is 11.6 Å². The maximum atomic E-state index is 12.8. The predicted octanol–water partition coefficient (Wildman–Crippen LogP) is 3.68. The number of carbonyl (C=O) groups excluding carboxylic acids is 1. The number of isocyanates is 1. The van der Waals surface area contributed by atoms with Crippen LogP contribution in [0.2, 0.25) is 5.02 Å². The Morgan fingerprint density at radius 2 is 2.00 bits per heavy atom. The van der Waals surface area contributed by atoms with Crippen molar-refractivity contribution in [2.75, 3.05) is 0 Å². The fourth-order valence-electron chi connectivity index (χ4n) is 1.80. The average molecular weight is 262 g/mol. The summed E-state index contributed by atoms with van der Waals surface area (Å²) < 4.78 is 38.5. The molecule has 0 N–H and O–H groups in total. The summed E-state index contributed by atoms with van der Waals surface area (Å²) in [4.78, 5) is 13.8. The van der Waals surface area contributed by atoms with Crippen molar-refractivity contribution in [3.63, 3.8) is 0 Å². The van der Waals surface area contributed by atoms with E-state index in [0.29, 0.717) is 12.8 Å². The van der Waals surface area contributed by atoms with Gasteiger partial charge < -0.3 is 0 Å². The lowest BCUT2D eigenvalue weighted by Crippen LogP contribution is -2.14. The molecule has 6 heteroatoms. The molecule has 1 fully saturated rings. The Morgan fingerprint density at radius 3 is 2.47 bits per heavy atom. The molecule has 90 valence electrons. The highest BCUT2D eigenvalue weighted by Gasteiger charge is 2.49. The fraction of sp³-hybridized carbons (Fsp3) is 0.364. The lowest BCUT2D eigenvalue weighted by Gasteiger charge is -2.16. The Labute approximate surface area is 100 Å². The first-order chi connectivity index (χ1) is 7.89. The van der Waals surface area contributed by atoms with E-state index in [1.54, 1.807) is 0 Å². The molecule has 2 rings (SSSR count). The Kier molecular flexibility index (Phi) is 2.76. The molecule has 0 saturated heterocycles. The number of benzene rings is 1. The molecule has 0 aromatic heterocycles. The van der Waals surface area contributed by atoms with Crippen LogP contribution < -0.4 is 0 Å². The van der Waals surface area contributed by atoms with Gasteiger partial charge in [0.2, 0.25) is 6.08 Å². The molecule has 1 aliphatic carbocycles. The first-order valence-electron chi connectivity index (χ1n) is 4.85. The summed E-state index contributed by atoms with van der Waals surface area (Å²) in [6, 6.07) is 3.50. The highest BCUT2D eigenvalue weighted by molar-refractivity contribution is 6.30. The van der Waals surface area contributed by atoms with Gasteiger partial charge in [-0.25, -0.2) is 4.79 Å². The third-order valence-corrected chi connectivity index (χ3v) is 3.01. The lowest BCUT2D eigenvalue weighted by atomic mass is 9.98. The van der Waals surface area contributed by atoms with Gasteiger partial charge in [0.25, 0.3) is 0 Å². The molecule has 17 heavy (non-hydrogen) atoms. The number of halogens is 4. The SMILES string of the molecule is O=C=NC1(c2ccc(Cl)cc2C(F)(F)F)CC1. The summed E-state index contributed by atoms with van der Waals surface area (Å²) in [7, 11) is 0. The molecule has 1 saturated carbocycles. The summed E-state index contributed by atoms with van der Waals surface area (Å²) >= 11 is 5.56. The third-order valence-electron chi connectivity index (χ3n) is 2.77. The smallest absolute Gasteiger partial charge is 0.211 e. The van der Waals surface area contributed by atoms with E-state index in [2.05, 4.69) is 4.99 Å². The number of aliphatic imine (C=N–C) groups is 1. The summed E-state index contributed by atoms with van der Waals surface area (Å²) in [5.74, 6) is 0. The van der Waals surface area contributed by atoms with Crippen LogP contribution in [0.5, 0.6) is 0 Å². The Hall–Kier alpha value is -1.32. The van der Waals surface area contributed by atoms with E-state index in [1.165, 1.54) is 18.2 Å². The first kappa shape index (κ1) is 12.1. The quantitative estimate of drug-likeness (QED) is 0.590. The first-order valence-corrected chi connectivity index (χ1v) is 5.23. The van der Waals surface area contributed by atoms with Gasteiger partial charge in [0.05, 0.1) is 11.1 Å². The molecule has 0 spiro atoms. The van der Waals surface area contributed by atoms with Gasteiger partial charge in [0.15, 0.2) is 0 Å². The van der Waals surface area contributed by atoms with E-state index in [0.717, 1.165) is 6.07 Å². The molecule has 2 nitrogen and oxygen atoms in total. The van der Waals surface area contributed by atoms with E-state index in [1.807, 2.05) is 0 Å². The maximum absolute atomic E-state index is 12.8. The van der Waals surface area contributed by atoms with Crippen molar-refractivity contribution in [1.82, 2.24) is 0 Å². The van der Waals surface area contributed by atoms with Crippen LogP contribution >= 0.6 is 11.6 Å². The van der Waals surface area contributed by atoms with Crippen LogP contribution in [0.15, 0.2) is 23.2 Å². The normalized spacial score (nSPS) is 17.4. The summed E-state index contributed by atoms with van der Waals surface area (Å²) in [6.07, 6.45) is -2.32. The van der Waals surface area contributed by atoms with Gasteiger partial charge in [-0.3, -0.25) is 0 Å². The number of hydrogen-bond acceptors (Lipinski definition) is 2. The highest BCUT2D eigenvalue weighted by atomic mass is 35.5. The summed E-state index contributed by atoms with van der Waals surface area (Å²) in [6.45, 7) is 0. The van der Waals surface area contributed by atoms with Gasteiger partial charge in [-0.1, -0.05) is 17.7 Å². The number of hydrogen-bond donors (Lipinski definition) is 0. The van der Waals surface area contributed by atoms with E-state index >= 15 is 0 Å². The molecule has 0 radical (unpaired) electrons. The van der Waals surface area contributed by atoms with Crippen molar-refractivity contribution in [2.24, 2.45) is 4.99 Å². The van der Waals surface area contributed by atoms with Gasteiger partial charge in [0.1, 0.15) is 0 Å². The minimum Gasteiger partial charge on any atom is -0.211 e. The highest BCUT2D eigenvalue weighted by Crippen LogP contribution is 2.53. The van der Waals surface area contributed by atoms with E-state index in [9.17, 15) is 18.0 Å². The molecule has 1 aromatic rings. The Morgan fingerprint density at radius 1 is 1.35 bits per heavy atom. The molecular formula is C11H7ClF3NO. The van der Waals surface area contributed by atoms with Crippen molar-refractivity contribution in [3.05, 3.63) is 34.3 Å². The monoisotopic (exact) mass is 261 g/mol. The minimum absolute atomic E-state index is 0.00208. The Bertz CT molecular complexity index is 502. The second-order valence-corrected chi connectivity index (χ2v) is 4.36. The third kappa shape index (κ3) is 2.21. The maximum Gasteiger partial charge on any atom is 0.416 e. The molecule has 0 unspecified atom stereocenters. The molecule has 0 bridgehead atoms. The van der Waals surface area contributed by atoms with Gasteiger partial charge in [0, 0.05) is 5.02 Å². The van der Waals surface area contributed by atoms with Crippen molar-refractivity contribution >= 4 is 17.7 Å². The molecule has 0 amide bonds. The van der Waals surface area contributed by atoms with E-state index < -0.39 is 17.3 Å². The minimum atomic E-state index is -4.51. The van der Waals surface area contributed by atoms with Crippen molar-refractivity contribution in [3.8, 4) is 0 Å². The zero-order valence-electron chi connectivity index (χ0n) is 8.51. The number of nitrogens with zero attached hydrogens (tertiary/aromatic N) is 1. The van der Waals surface area contributed by atoms with Crippen LogP contribution in [0.25, 0.3) is 0 Å². The van der Waals surface area contributed by atoms with Crippen LogP contribution in [0.4, 0.5) is 13.2 Å². The van der Waals surface area contributed by atoms with E-state index in [-0.39, 0.29) is 10.6 Å². The predicted molar refractivity (Wildman–Crippen MR) is 55.5 cm³/mol. The topological polar surface area (TPSA) is 29.4 Å². The van der Waals surface area contributed by atoms with Crippen LogP contribution in [0.3, 0.4) is 0 Å². The molecule has 0 atom stereocenters. The zero-order chi connectivity index (χ0) is 12.7. The standard InChI is InChI=1S/C11H7ClF3NO/c12-7-1-2-8(9(5-7)11(13,14)15)10(3-4-10)16-6-17/h1-2,5H,3-4H2. The second-order valence-electron chi connectivity index (χ2n) is 3.92. The summed E-state index contributed by atoms with van der Waals surface area (Å²) in [5.41, 5.74) is -1.88. The summed E-state index contributed by atoms with van der Waals surface area (Å²) in [5, 5.41) is 0.00644. The zero-order valence-corrected chi connectivity index (χ0v) is 9.27. The van der Waals surface area contributed by atoms with Gasteiger partial charge in [-0.15, -0.1) is 0 Å². The van der Waals surface area contributed by atoms with Crippen molar-refractivity contribution < 1.29 is 18.0 Å². The lowest BCUT2D eigenvalue weighted by molar-refractivity contribution is -0.138. The van der Waals surface area contributed by atoms with Crippen molar-refractivity contribution in [2.45, 2.75) is 24.6 Å². The molecule has 0 heterocycles. The van der Waals surface area contributed by atoms with Crippen LogP contribution in [-0.2, 0) is 16.5 Å². The van der Waals surface area contributed by atoms with Gasteiger partial charge in [-0.05, 0) is 30.5 Å². The fourth-order valence-corrected chi connectivity index (χ4v) is 1.98. The Balaban J connectivity index is 2.59. The molecule has 1 aromatic carbocycles. The van der Waals surface area contributed by atoms with Gasteiger partial charge >= 0.3 is 6.18 Å². The van der Waals surface area contributed by atoms with Crippen molar-refractivity contribution in [1.29, 1.82) is 0 Å². The number of alkyl halides is 3. The molecule has 1 aliphatic rings. The van der Waals surface area contributed by atoms with Crippen LogP contribution in [0.1, 0.15) is 24.0 Å². The average Bonchev–Trinajstić information content (AvgIpc) is 2.98. The van der Waals surface area contributed by atoms with Crippen LogP contribution in [-0.4, -0.2) is 6.08 Å². The second kappa shape index (κ2) is 3.86. The number of rotatable bonds is 2. The molecular weight excluding hydrogens is 255 g/mol.